The fourth-order valence-corrected chi connectivity index (χ4v) is 6.30. The molecule has 0 fully saturated rings. The Morgan fingerprint density at radius 1 is 0.519 bits per heavy atom. The van der Waals surface area contributed by atoms with Gasteiger partial charge in [0.1, 0.15) is 0 Å². The first-order valence-corrected chi connectivity index (χ1v) is 10.6. The Morgan fingerprint density at radius 3 is 2.07 bits per heavy atom. The van der Waals surface area contributed by atoms with Crippen LogP contribution >= 0.6 is 23.5 Å². The highest BCUT2D eigenvalue weighted by Gasteiger charge is 2.23. The van der Waals surface area contributed by atoms with Crippen LogP contribution in [0.15, 0.2) is 111 Å². The molecule has 0 atom stereocenters. The van der Waals surface area contributed by atoms with Crippen LogP contribution in [0, 0.1) is 0 Å². The van der Waals surface area contributed by atoms with Gasteiger partial charge in [-0.2, -0.15) is 0 Å². The molecule has 0 bridgehead atoms. The fourth-order valence-electron chi connectivity index (χ4n) is 3.89. The molecule has 128 valence electrons. The van der Waals surface area contributed by atoms with Crippen LogP contribution < -0.4 is 0 Å². The topological polar surface area (TPSA) is 4.93 Å². The molecular formula is C24H15NS2. The second-order valence-corrected chi connectivity index (χ2v) is 8.76. The quantitative estimate of drug-likeness (QED) is 0.292. The van der Waals surface area contributed by atoms with E-state index in [4.69, 9.17) is 0 Å². The predicted octanol–water partition coefficient (Wildman–Crippen LogP) is 7.40. The van der Waals surface area contributed by atoms with Crippen molar-refractivity contribution in [3.05, 3.63) is 91.0 Å². The Labute approximate surface area is 166 Å². The predicted molar refractivity (Wildman–Crippen MR) is 115 cm³/mol. The van der Waals surface area contributed by atoms with Gasteiger partial charge in [0.2, 0.25) is 0 Å². The highest BCUT2D eigenvalue weighted by atomic mass is 32.2. The molecule has 0 N–H and O–H groups in total. The molecule has 0 radical (unpaired) electrons. The zero-order valence-corrected chi connectivity index (χ0v) is 16.1. The number of para-hydroxylation sites is 2. The monoisotopic (exact) mass is 381 g/mol. The molecule has 1 aliphatic heterocycles. The lowest BCUT2D eigenvalue weighted by Crippen LogP contribution is -1.94. The number of hydrogen-bond acceptors (Lipinski definition) is 2. The van der Waals surface area contributed by atoms with Crippen LogP contribution in [0.2, 0.25) is 0 Å². The van der Waals surface area contributed by atoms with Crippen LogP contribution in [-0.2, 0) is 0 Å². The van der Waals surface area contributed by atoms with Gasteiger partial charge in [0, 0.05) is 36.0 Å². The van der Waals surface area contributed by atoms with Crippen molar-refractivity contribution in [3.63, 3.8) is 0 Å². The second kappa shape index (κ2) is 5.95. The maximum absolute atomic E-state index is 2.39. The van der Waals surface area contributed by atoms with E-state index >= 15 is 0 Å². The maximum Gasteiger partial charge on any atom is 0.0553 e. The van der Waals surface area contributed by atoms with Crippen molar-refractivity contribution in [2.45, 2.75) is 19.6 Å². The van der Waals surface area contributed by atoms with Crippen molar-refractivity contribution >= 4 is 45.3 Å². The number of benzene rings is 4. The van der Waals surface area contributed by atoms with Gasteiger partial charge >= 0.3 is 0 Å². The molecule has 6 rings (SSSR count). The van der Waals surface area contributed by atoms with E-state index in [1.807, 2.05) is 23.5 Å². The minimum absolute atomic E-state index is 1.21. The average Bonchev–Trinajstić information content (AvgIpc) is 3.08. The average molecular weight is 382 g/mol. The van der Waals surface area contributed by atoms with E-state index in [9.17, 15) is 0 Å². The summed E-state index contributed by atoms with van der Waals surface area (Å²) in [5.41, 5.74) is 3.74. The summed E-state index contributed by atoms with van der Waals surface area (Å²) in [5.74, 6) is 0. The van der Waals surface area contributed by atoms with Crippen molar-refractivity contribution in [1.29, 1.82) is 0 Å². The molecule has 2 heterocycles. The van der Waals surface area contributed by atoms with Crippen LogP contribution in [-0.4, -0.2) is 4.57 Å². The minimum atomic E-state index is 1.21. The summed E-state index contributed by atoms with van der Waals surface area (Å²) in [4.78, 5) is 5.42. The van der Waals surface area contributed by atoms with Crippen molar-refractivity contribution in [2.24, 2.45) is 0 Å². The zero-order chi connectivity index (χ0) is 17.8. The first kappa shape index (κ1) is 15.4. The van der Waals surface area contributed by atoms with E-state index < -0.39 is 0 Å². The Hall–Kier alpha value is -2.62. The van der Waals surface area contributed by atoms with E-state index in [-0.39, 0.29) is 0 Å². The molecule has 0 saturated carbocycles. The summed E-state index contributed by atoms with van der Waals surface area (Å²) in [6.45, 7) is 0. The molecule has 4 aromatic carbocycles. The van der Waals surface area contributed by atoms with Crippen molar-refractivity contribution < 1.29 is 0 Å². The van der Waals surface area contributed by atoms with E-state index in [0.29, 0.717) is 0 Å². The molecule has 1 aliphatic rings. The van der Waals surface area contributed by atoms with Gasteiger partial charge in [0.25, 0.3) is 0 Å². The van der Waals surface area contributed by atoms with Crippen LogP contribution in [0.1, 0.15) is 0 Å². The third-order valence-electron chi connectivity index (χ3n) is 5.05. The lowest BCUT2D eigenvalue weighted by atomic mass is 10.1. The van der Waals surface area contributed by atoms with Gasteiger partial charge in [-0.05, 0) is 42.5 Å². The van der Waals surface area contributed by atoms with Gasteiger partial charge in [0.15, 0.2) is 0 Å². The molecule has 0 amide bonds. The number of rotatable bonds is 1. The minimum Gasteiger partial charge on any atom is -0.309 e. The number of fused-ring (bicyclic) bond motifs is 6. The summed E-state index contributed by atoms with van der Waals surface area (Å²) in [7, 11) is 0. The van der Waals surface area contributed by atoms with Gasteiger partial charge in [-0.1, -0.05) is 72.1 Å². The number of hydrogen-bond donors (Lipinski definition) is 0. The van der Waals surface area contributed by atoms with Gasteiger partial charge in [0.05, 0.1) is 11.0 Å². The molecule has 0 aliphatic carbocycles. The third-order valence-corrected chi connectivity index (χ3v) is 7.65. The summed E-state index contributed by atoms with van der Waals surface area (Å²) in [6.07, 6.45) is 0. The van der Waals surface area contributed by atoms with Crippen molar-refractivity contribution in [3.8, 4) is 5.69 Å². The Morgan fingerprint density at radius 2 is 1.22 bits per heavy atom. The SMILES string of the molecule is c1ccc(-n2c3ccccc3c3c4c(ccc32)Sc2ccccc2S4)cc1. The molecule has 3 heteroatoms. The number of nitrogens with zero attached hydrogens (tertiary/aromatic N) is 1. The summed E-state index contributed by atoms with van der Waals surface area (Å²) in [6, 6.07) is 32.7. The van der Waals surface area contributed by atoms with Crippen molar-refractivity contribution in [1.82, 2.24) is 4.57 Å². The van der Waals surface area contributed by atoms with Gasteiger partial charge in [-0.15, -0.1) is 0 Å². The molecule has 0 unspecified atom stereocenters. The molecule has 5 aromatic rings. The fraction of sp³-hybridized carbons (Fsp3) is 0. The largest absolute Gasteiger partial charge is 0.309 e. The van der Waals surface area contributed by atoms with Crippen LogP contribution in [0.5, 0.6) is 0 Å². The van der Waals surface area contributed by atoms with E-state index in [2.05, 4.69) is 95.6 Å². The first-order chi connectivity index (χ1) is 13.4. The van der Waals surface area contributed by atoms with Gasteiger partial charge < -0.3 is 4.57 Å². The standard InChI is InChI=1S/C24H15NS2/c1-2-8-16(9-3-1)25-18-11-5-4-10-17(18)23-19(25)14-15-22-24(23)27-21-13-7-6-12-20(21)26-22/h1-15H. The van der Waals surface area contributed by atoms with Gasteiger partial charge in [-0.3, -0.25) is 0 Å². The summed E-state index contributed by atoms with van der Waals surface area (Å²) < 4.78 is 2.39. The summed E-state index contributed by atoms with van der Waals surface area (Å²) >= 11 is 3.78. The lowest BCUT2D eigenvalue weighted by Gasteiger charge is -2.19. The van der Waals surface area contributed by atoms with E-state index in [1.54, 1.807) is 0 Å². The highest BCUT2D eigenvalue weighted by Crippen LogP contribution is 2.52. The molecule has 0 spiro atoms. The van der Waals surface area contributed by atoms with Crippen LogP contribution in [0.25, 0.3) is 27.5 Å². The highest BCUT2D eigenvalue weighted by molar-refractivity contribution is 8.05. The van der Waals surface area contributed by atoms with Gasteiger partial charge in [-0.25, -0.2) is 0 Å². The lowest BCUT2D eigenvalue weighted by molar-refractivity contribution is 1.15. The maximum atomic E-state index is 2.39. The third kappa shape index (κ3) is 2.29. The molecule has 0 saturated heterocycles. The smallest absolute Gasteiger partial charge is 0.0553 e. The van der Waals surface area contributed by atoms with E-state index in [0.717, 1.165) is 0 Å². The van der Waals surface area contributed by atoms with Crippen molar-refractivity contribution in [2.75, 3.05) is 0 Å². The zero-order valence-electron chi connectivity index (χ0n) is 14.4. The Bertz CT molecular complexity index is 1320. The second-order valence-electron chi connectivity index (χ2n) is 6.63. The molecule has 1 aromatic heterocycles. The molecule has 27 heavy (non-hydrogen) atoms. The normalized spacial score (nSPS) is 12.9. The van der Waals surface area contributed by atoms with Crippen LogP contribution in [0.4, 0.5) is 0 Å². The molecule has 1 nitrogen and oxygen atoms in total. The summed E-state index contributed by atoms with van der Waals surface area (Å²) in [5, 5.41) is 2.68. The first-order valence-electron chi connectivity index (χ1n) is 8.96. The van der Waals surface area contributed by atoms with E-state index in [1.165, 1.54) is 47.1 Å². The molecular weight excluding hydrogens is 366 g/mol. The van der Waals surface area contributed by atoms with Crippen LogP contribution in [0.3, 0.4) is 0 Å². The number of aromatic nitrogens is 1. The Kier molecular flexibility index (Phi) is 3.40. The Balaban J connectivity index is 1.72.